The highest BCUT2D eigenvalue weighted by Gasteiger charge is 2.18. The second-order valence-electron chi connectivity index (χ2n) is 6.02. The first-order chi connectivity index (χ1) is 11.7. The lowest BCUT2D eigenvalue weighted by Gasteiger charge is -2.14. The van der Waals surface area contributed by atoms with Gasteiger partial charge in [-0.25, -0.2) is 0 Å². The monoisotopic (exact) mass is 337 g/mol. The highest BCUT2D eigenvalue weighted by Crippen LogP contribution is 2.40. The maximum Gasteiger partial charge on any atom is 0.203 e. The van der Waals surface area contributed by atoms with E-state index in [4.69, 9.17) is 15.2 Å². The molecule has 5 heteroatoms. The molecule has 0 unspecified atom stereocenters. The van der Waals surface area contributed by atoms with Crippen LogP contribution in [0.5, 0.6) is 17.2 Å². The van der Waals surface area contributed by atoms with Crippen LogP contribution in [0.3, 0.4) is 0 Å². The number of unbranched alkanes of at least 4 members (excludes halogenated alkanes) is 7. The molecule has 1 aromatic rings. The summed E-state index contributed by atoms with van der Waals surface area (Å²) in [5, 5.41) is 10.2. The van der Waals surface area contributed by atoms with Crippen LogP contribution in [0.25, 0.3) is 0 Å². The third-order valence-electron chi connectivity index (χ3n) is 4.29. The number of aldehydes is 1. The number of rotatable bonds is 13. The Kier molecular flexibility index (Phi) is 9.92. The summed E-state index contributed by atoms with van der Waals surface area (Å²) in [4.78, 5) is 11.3. The van der Waals surface area contributed by atoms with Gasteiger partial charge in [0.25, 0.3) is 0 Å². The lowest BCUT2D eigenvalue weighted by atomic mass is 9.99. The van der Waals surface area contributed by atoms with Crippen molar-refractivity contribution in [3.63, 3.8) is 0 Å². The number of phenols is 1. The van der Waals surface area contributed by atoms with Crippen LogP contribution < -0.4 is 15.2 Å². The zero-order valence-electron chi connectivity index (χ0n) is 15.0. The van der Waals surface area contributed by atoms with E-state index < -0.39 is 0 Å². The fourth-order valence-electron chi connectivity index (χ4n) is 2.90. The van der Waals surface area contributed by atoms with Gasteiger partial charge in [0.15, 0.2) is 17.8 Å². The quantitative estimate of drug-likeness (QED) is 0.422. The minimum absolute atomic E-state index is 0.137. The lowest BCUT2D eigenvalue weighted by Crippen LogP contribution is -2.00. The Morgan fingerprint density at radius 3 is 2.08 bits per heavy atom. The number of ether oxygens (including phenoxy) is 2. The topological polar surface area (TPSA) is 81.8 Å². The Morgan fingerprint density at radius 2 is 1.58 bits per heavy atom. The van der Waals surface area contributed by atoms with Crippen molar-refractivity contribution in [2.24, 2.45) is 5.73 Å². The average Bonchev–Trinajstić information content (AvgIpc) is 2.59. The van der Waals surface area contributed by atoms with Crippen molar-refractivity contribution in [3.8, 4) is 17.2 Å². The SMILES string of the molecule is COc1cc(CCCCCCCCCCN)c(C=O)c(O)c1OC. The van der Waals surface area contributed by atoms with Gasteiger partial charge in [0.2, 0.25) is 5.75 Å². The van der Waals surface area contributed by atoms with E-state index in [0.717, 1.165) is 37.8 Å². The number of benzene rings is 1. The summed E-state index contributed by atoms with van der Waals surface area (Å²) in [5.41, 5.74) is 6.59. The molecule has 0 radical (unpaired) electrons. The van der Waals surface area contributed by atoms with Crippen molar-refractivity contribution in [3.05, 3.63) is 17.2 Å². The summed E-state index contributed by atoms with van der Waals surface area (Å²) in [6.45, 7) is 0.789. The number of aromatic hydroxyl groups is 1. The number of hydrogen-bond acceptors (Lipinski definition) is 5. The van der Waals surface area contributed by atoms with Crippen molar-refractivity contribution in [1.29, 1.82) is 0 Å². The number of methoxy groups -OCH3 is 2. The fourth-order valence-corrected chi connectivity index (χ4v) is 2.90. The van der Waals surface area contributed by atoms with E-state index in [-0.39, 0.29) is 11.5 Å². The molecule has 0 aliphatic carbocycles. The molecule has 0 saturated carbocycles. The van der Waals surface area contributed by atoms with Crippen LogP contribution in [-0.2, 0) is 6.42 Å². The van der Waals surface area contributed by atoms with Gasteiger partial charge in [-0.15, -0.1) is 0 Å². The van der Waals surface area contributed by atoms with Crippen LogP contribution in [0, 0.1) is 0 Å². The van der Waals surface area contributed by atoms with Crippen molar-refractivity contribution < 1.29 is 19.4 Å². The number of phenolic OH excluding ortho intramolecular Hbond substituents is 1. The molecule has 3 N–H and O–H groups in total. The molecule has 1 aromatic carbocycles. The van der Waals surface area contributed by atoms with E-state index in [1.165, 1.54) is 46.3 Å². The first-order valence-corrected chi connectivity index (χ1v) is 8.81. The molecule has 0 saturated heterocycles. The molecule has 0 aromatic heterocycles. The first-order valence-electron chi connectivity index (χ1n) is 8.81. The zero-order valence-corrected chi connectivity index (χ0v) is 15.0. The number of nitrogens with two attached hydrogens (primary N) is 1. The molecule has 0 atom stereocenters. The Hall–Kier alpha value is -1.75. The van der Waals surface area contributed by atoms with Crippen LogP contribution in [0.2, 0.25) is 0 Å². The smallest absolute Gasteiger partial charge is 0.203 e. The average molecular weight is 337 g/mol. The van der Waals surface area contributed by atoms with Gasteiger partial charge < -0.3 is 20.3 Å². The second kappa shape index (κ2) is 11.7. The summed E-state index contributed by atoms with van der Waals surface area (Å²) in [6.07, 6.45) is 10.8. The number of carbonyl (C=O) groups is 1. The minimum atomic E-state index is -0.137. The Morgan fingerprint density at radius 1 is 1.00 bits per heavy atom. The number of aryl methyl sites for hydroxylation is 1. The van der Waals surface area contributed by atoms with Gasteiger partial charge in [-0.05, 0) is 37.4 Å². The molecule has 1 rings (SSSR count). The highest BCUT2D eigenvalue weighted by atomic mass is 16.5. The van der Waals surface area contributed by atoms with Gasteiger partial charge in [-0.1, -0.05) is 38.5 Å². The summed E-state index contributed by atoms with van der Waals surface area (Å²) in [6, 6.07) is 1.79. The molecule has 24 heavy (non-hydrogen) atoms. The van der Waals surface area contributed by atoms with E-state index in [1.807, 2.05) is 0 Å². The predicted octanol–water partition coefficient (Wildman–Crippen LogP) is 3.84. The molecule has 5 nitrogen and oxygen atoms in total. The summed E-state index contributed by atoms with van der Waals surface area (Å²) in [7, 11) is 2.96. The van der Waals surface area contributed by atoms with Crippen molar-refractivity contribution in [2.75, 3.05) is 20.8 Å². The molecule has 0 fully saturated rings. The highest BCUT2D eigenvalue weighted by molar-refractivity contribution is 5.84. The van der Waals surface area contributed by atoms with Gasteiger partial charge in [0.1, 0.15) is 0 Å². The Balaban J connectivity index is 2.47. The van der Waals surface area contributed by atoms with Crippen LogP contribution in [-0.4, -0.2) is 32.2 Å². The van der Waals surface area contributed by atoms with Gasteiger partial charge in [-0.3, -0.25) is 4.79 Å². The lowest BCUT2D eigenvalue weighted by molar-refractivity contribution is 0.111. The summed E-state index contributed by atoms with van der Waals surface area (Å²) < 4.78 is 10.4. The molecule has 0 aliphatic heterocycles. The Labute approximate surface area is 145 Å². The first kappa shape index (κ1) is 20.3. The molecule has 0 heterocycles. The van der Waals surface area contributed by atoms with Crippen LogP contribution in [0.15, 0.2) is 6.07 Å². The van der Waals surface area contributed by atoms with Gasteiger partial charge in [-0.2, -0.15) is 0 Å². The van der Waals surface area contributed by atoms with E-state index in [1.54, 1.807) is 6.07 Å². The van der Waals surface area contributed by atoms with Gasteiger partial charge >= 0.3 is 0 Å². The zero-order chi connectivity index (χ0) is 17.8. The largest absolute Gasteiger partial charge is 0.504 e. The van der Waals surface area contributed by atoms with E-state index in [0.29, 0.717) is 17.6 Å². The number of carbonyl (C=O) groups excluding carboxylic acids is 1. The maximum absolute atomic E-state index is 11.3. The van der Waals surface area contributed by atoms with Crippen molar-refractivity contribution in [1.82, 2.24) is 0 Å². The predicted molar refractivity (Wildman–Crippen MR) is 96.3 cm³/mol. The molecular weight excluding hydrogens is 306 g/mol. The molecular formula is C19H31NO4. The third-order valence-corrected chi connectivity index (χ3v) is 4.29. The van der Waals surface area contributed by atoms with E-state index >= 15 is 0 Å². The minimum Gasteiger partial charge on any atom is -0.504 e. The molecule has 0 amide bonds. The van der Waals surface area contributed by atoms with E-state index in [2.05, 4.69) is 0 Å². The maximum atomic E-state index is 11.3. The van der Waals surface area contributed by atoms with Crippen LogP contribution >= 0.6 is 0 Å². The summed E-state index contributed by atoms with van der Waals surface area (Å²) >= 11 is 0. The number of hydrogen-bond donors (Lipinski definition) is 2. The standard InChI is InChI=1S/C19H31NO4/c1-23-17-13-15(16(14-21)18(22)19(17)24-2)11-9-7-5-3-4-6-8-10-12-20/h13-14,22H,3-12,20H2,1-2H3. The fraction of sp³-hybridized carbons (Fsp3) is 0.632. The second-order valence-corrected chi connectivity index (χ2v) is 6.02. The van der Waals surface area contributed by atoms with Crippen LogP contribution in [0.4, 0.5) is 0 Å². The van der Waals surface area contributed by atoms with Crippen LogP contribution in [0.1, 0.15) is 67.3 Å². The van der Waals surface area contributed by atoms with Gasteiger partial charge in [0.05, 0.1) is 19.8 Å². The van der Waals surface area contributed by atoms with E-state index in [9.17, 15) is 9.90 Å². The third kappa shape index (κ3) is 6.04. The van der Waals surface area contributed by atoms with Crippen molar-refractivity contribution in [2.45, 2.75) is 57.8 Å². The summed E-state index contributed by atoms with van der Waals surface area (Å²) in [5.74, 6) is 0.526. The normalized spacial score (nSPS) is 10.6. The van der Waals surface area contributed by atoms with Crippen molar-refractivity contribution >= 4 is 6.29 Å². The molecule has 0 spiro atoms. The Bertz CT molecular complexity index is 503. The van der Waals surface area contributed by atoms with Gasteiger partial charge in [0, 0.05) is 0 Å². The molecule has 136 valence electrons. The molecule has 0 bridgehead atoms. The molecule has 0 aliphatic rings.